The number of nitrogens with zero attached hydrogens (tertiary/aromatic N) is 4. The zero-order valence-corrected chi connectivity index (χ0v) is 22.4. The van der Waals surface area contributed by atoms with E-state index in [2.05, 4.69) is 57.6 Å². The van der Waals surface area contributed by atoms with Crippen LogP contribution in [0.25, 0.3) is 21.3 Å². The van der Waals surface area contributed by atoms with Gasteiger partial charge in [0.05, 0.1) is 35.3 Å². The first kappa shape index (κ1) is 24.1. The standard InChI is InChI=1S/C29H33N5O2S/c1-18(2)36-25-15-20(19-10-13-34(14-11-19)21-7-8-21)6-9-24(25)32-29-31-16-26-27(33-29)23(17-37-26)22-5-4-12-30-28(22)35-3/h4-6,9,12,15-19,21H,7-8,10-11,13-14H2,1-3H3,(H,31,32,33). The molecule has 37 heavy (non-hydrogen) atoms. The quantitative estimate of drug-likeness (QED) is 0.282. The molecule has 6 rings (SSSR count). The minimum Gasteiger partial charge on any atom is -0.489 e. The third-order valence-electron chi connectivity index (χ3n) is 7.25. The van der Waals surface area contributed by atoms with E-state index in [1.54, 1.807) is 24.6 Å². The Morgan fingerprint density at radius 1 is 1.05 bits per heavy atom. The Hall–Kier alpha value is -3.23. The molecule has 2 fully saturated rings. The number of methoxy groups -OCH3 is 1. The number of aromatic nitrogens is 3. The van der Waals surface area contributed by atoms with E-state index >= 15 is 0 Å². The summed E-state index contributed by atoms with van der Waals surface area (Å²) in [6.45, 7) is 6.53. The maximum atomic E-state index is 6.26. The number of thiophene rings is 1. The van der Waals surface area contributed by atoms with E-state index in [9.17, 15) is 0 Å². The molecule has 0 atom stereocenters. The summed E-state index contributed by atoms with van der Waals surface area (Å²) in [4.78, 5) is 16.5. The number of nitrogens with one attached hydrogen (secondary N) is 1. The number of likely N-dealkylation sites (tertiary alicyclic amines) is 1. The zero-order chi connectivity index (χ0) is 25.4. The van der Waals surface area contributed by atoms with Crippen molar-refractivity contribution in [1.82, 2.24) is 19.9 Å². The molecule has 7 nitrogen and oxygen atoms in total. The number of ether oxygens (including phenoxy) is 2. The second-order valence-electron chi connectivity index (χ2n) is 10.2. The van der Waals surface area contributed by atoms with E-state index in [4.69, 9.17) is 14.5 Å². The number of pyridine rings is 1. The minimum absolute atomic E-state index is 0.0671. The van der Waals surface area contributed by atoms with Crippen LogP contribution in [0.2, 0.25) is 0 Å². The van der Waals surface area contributed by atoms with Crippen molar-refractivity contribution >= 4 is 33.2 Å². The lowest BCUT2D eigenvalue weighted by atomic mass is 9.89. The van der Waals surface area contributed by atoms with Crippen molar-refractivity contribution in [2.45, 2.75) is 57.6 Å². The van der Waals surface area contributed by atoms with Gasteiger partial charge in [-0.2, -0.15) is 0 Å². The molecule has 8 heteroatoms. The number of rotatable bonds is 8. The van der Waals surface area contributed by atoms with Gasteiger partial charge in [-0.25, -0.2) is 15.0 Å². The van der Waals surface area contributed by atoms with Crippen molar-refractivity contribution in [2.75, 3.05) is 25.5 Å². The zero-order valence-electron chi connectivity index (χ0n) is 21.6. The maximum absolute atomic E-state index is 6.26. The molecule has 0 radical (unpaired) electrons. The summed E-state index contributed by atoms with van der Waals surface area (Å²) in [5.74, 6) is 2.55. The Bertz CT molecular complexity index is 1390. The fourth-order valence-corrected chi connectivity index (χ4v) is 6.11. The molecule has 1 saturated heterocycles. The van der Waals surface area contributed by atoms with E-state index in [0.717, 1.165) is 38.8 Å². The molecule has 1 aromatic carbocycles. The highest BCUT2D eigenvalue weighted by molar-refractivity contribution is 7.17. The van der Waals surface area contributed by atoms with Gasteiger partial charge in [0.25, 0.3) is 0 Å². The van der Waals surface area contributed by atoms with Gasteiger partial charge < -0.3 is 19.7 Å². The highest BCUT2D eigenvalue weighted by atomic mass is 32.1. The predicted molar refractivity (Wildman–Crippen MR) is 149 cm³/mol. The first-order valence-corrected chi connectivity index (χ1v) is 14.0. The van der Waals surface area contributed by atoms with Crippen LogP contribution in [-0.2, 0) is 0 Å². The highest BCUT2D eigenvalue weighted by Gasteiger charge is 2.32. The molecular weight excluding hydrogens is 482 g/mol. The summed E-state index contributed by atoms with van der Waals surface area (Å²) >= 11 is 1.61. The van der Waals surface area contributed by atoms with Gasteiger partial charge in [0.2, 0.25) is 11.8 Å². The predicted octanol–water partition coefficient (Wildman–Crippen LogP) is 6.63. The van der Waals surface area contributed by atoms with Crippen molar-refractivity contribution < 1.29 is 9.47 Å². The van der Waals surface area contributed by atoms with Gasteiger partial charge in [-0.05, 0) is 88.4 Å². The van der Waals surface area contributed by atoms with Crippen molar-refractivity contribution in [1.29, 1.82) is 0 Å². The Morgan fingerprint density at radius 3 is 2.65 bits per heavy atom. The number of anilines is 2. The van der Waals surface area contributed by atoms with E-state index in [-0.39, 0.29) is 6.10 Å². The molecule has 3 aromatic heterocycles. The van der Waals surface area contributed by atoms with Crippen molar-refractivity contribution in [3.05, 3.63) is 53.7 Å². The monoisotopic (exact) mass is 515 g/mol. The number of hydrogen-bond acceptors (Lipinski definition) is 8. The Labute approximate surface area is 221 Å². The summed E-state index contributed by atoms with van der Waals surface area (Å²) in [6, 6.07) is 11.3. The molecular formula is C29H33N5O2S. The lowest BCUT2D eigenvalue weighted by Crippen LogP contribution is -2.34. The minimum atomic E-state index is 0.0671. The third kappa shape index (κ3) is 5.13. The number of fused-ring (bicyclic) bond motifs is 1. The molecule has 0 amide bonds. The first-order valence-electron chi connectivity index (χ1n) is 13.1. The Balaban J connectivity index is 1.27. The van der Waals surface area contributed by atoms with E-state index < -0.39 is 0 Å². The normalized spacial score (nSPS) is 16.9. The van der Waals surface area contributed by atoms with Crippen molar-refractivity contribution in [2.24, 2.45) is 0 Å². The topological polar surface area (TPSA) is 72.4 Å². The molecule has 4 aromatic rings. The molecule has 192 valence electrons. The molecule has 2 aliphatic rings. The van der Waals surface area contributed by atoms with Gasteiger partial charge in [0.1, 0.15) is 5.75 Å². The van der Waals surface area contributed by atoms with Crippen LogP contribution >= 0.6 is 11.3 Å². The van der Waals surface area contributed by atoms with E-state index in [1.807, 2.05) is 18.3 Å². The molecule has 1 aliphatic heterocycles. The number of piperidine rings is 1. The van der Waals surface area contributed by atoms with Gasteiger partial charge in [-0.15, -0.1) is 11.3 Å². The van der Waals surface area contributed by atoms with Crippen molar-refractivity contribution in [3.63, 3.8) is 0 Å². The summed E-state index contributed by atoms with van der Waals surface area (Å²) in [7, 11) is 1.64. The largest absolute Gasteiger partial charge is 0.489 e. The summed E-state index contributed by atoms with van der Waals surface area (Å²) in [5, 5.41) is 5.51. The summed E-state index contributed by atoms with van der Waals surface area (Å²) in [5.41, 5.74) is 5.02. The van der Waals surface area contributed by atoms with Gasteiger partial charge in [0, 0.05) is 28.7 Å². The molecule has 4 heterocycles. The molecule has 0 spiro atoms. The SMILES string of the molecule is COc1ncccc1-c1csc2cnc(Nc3ccc(C4CCN(C5CC5)CC4)cc3OC(C)C)nc12. The Morgan fingerprint density at radius 2 is 1.89 bits per heavy atom. The molecule has 1 aliphatic carbocycles. The number of hydrogen-bond donors (Lipinski definition) is 1. The highest BCUT2D eigenvalue weighted by Crippen LogP contribution is 2.39. The van der Waals surface area contributed by atoms with Crippen LogP contribution in [0, 0.1) is 0 Å². The van der Waals surface area contributed by atoms with Gasteiger partial charge in [-0.1, -0.05) is 6.07 Å². The second kappa shape index (κ2) is 10.3. The van der Waals surface area contributed by atoms with Gasteiger partial charge >= 0.3 is 0 Å². The average molecular weight is 516 g/mol. The van der Waals surface area contributed by atoms with Gasteiger partial charge in [-0.3, -0.25) is 0 Å². The lowest BCUT2D eigenvalue weighted by Gasteiger charge is -2.32. The molecule has 0 unspecified atom stereocenters. The molecule has 1 saturated carbocycles. The summed E-state index contributed by atoms with van der Waals surface area (Å²) < 4.78 is 12.8. The average Bonchev–Trinajstić information content (AvgIpc) is 3.69. The van der Waals surface area contributed by atoms with Crippen LogP contribution in [0.3, 0.4) is 0 Å². The fourth-order valence-electron chi connectivity index (χ4n) is 5.24. The van der Waals surface area contributed by atoms with Gasteiger partial charge in [0.15, 0.2) is 0 Å². The summed E-state index contributed by atoms with van der Waals surface area (Å²) in [6.07, 6.45) is 8.85. The number of benzene rings is 1. The lowest BCUT2D eigenvalue weighted by molar-refractivity contribution is 0.203. The fraction of sp³-hybridized carbons (Fsp3) is 0.414. The van der Waals surface area contributed by atoms with Crippen LogP contribution in [0.15, 0.2) is 48.1 Å². The van der Waals surface area contributed by atoms with Crippen molar-refractivity contribution in [3.8, 4) is 22.8 Å². The van der Waals surface area contributed by atoms with Crippen LogP contribution in [-0.4, -0.2) is 52.2 Å². The maximum Gasteiger partial charge on any atom is 0.227 e. The molecule has 0 bridgehead atoms. The molecule has 1 N–H and O–H groups in total. The second-order valence-corrected chi connectivity index (χ2v) is 11.1. The van der Waals surface area contributed by atoms with Crippen LogP contribution < -0.4 is 14.8 Å². The van der Waals surface area contributed by atoms with Crippen LogP contribution in [0.5, 0.6) is 11.6 Å². The van der Waals surface area contributed by atoms with Crippen LogP contribution in [0.4, 0.5) is 11.6 Å². The van der Waals surface area contributed by atoms with E-state index in [0.29, 0.717) is 17.7 Å². The third-order valence-corrected chi connectivity index (χ3v) is 8.15. The van der Waals surface area contributed by atoms with Crippen LogP contribution in [0.1, 0.15) is 51.0 Å². The first-order chi connectivity index (χ1) is 18.1. The van der Waals surface area contributed by atoms with E-state index in [1.165, 1.54) is 44.3 Å². The smallest absolute Gasteiger partial charge is 0.227 e. The Kier molecular flexibility index (Phi) is 6.69.